The van der Waals surface area contributed by atoms with Crippen molar-refractivity contribution in [2.45, 2.75) is 55.5 Å². The number of nitrogens with two attached hydrogens (primary N) is 1. The van der Waals surface area contributed by atoms with Crippen molar-refractivity contribution in [3.8, 4) is 0 Å². The second-order valence-corrected chi connectivity index (χ2v) is 6.17. The minimum atomic E-state index is -0.837. The first-order valence-corrected chi connectivity index (χ1v) is 6.76. The zero-order valence-corrected chi connectivity index (χ0v) is 10.2. The predicted octanol–water partition coefficient (Wildman–Crippen LogP) is 1.66. The van der Waals surface area contributed by atoms with Crippen molar-refractivity contribution in [2.75, 3.05) is 0 Å². The molecule has 0 aromatic heterocycles. The van der Waals surface area contributed by atoms with Crippen LogP contribution in [0.1, 0.15) is 38.5 Å². The van der Waals surface area contributed by atoms with Crippen molar-refractivity contribution in [2.24, 2.45) is 22.6 Å². The van der Waals surface area contributed by atoms with Gasteiger partial charge in [0.15, 0.2) is 0 Å². The topological polar surface area (TPSA) is 58.6 Å². The third-order valence-electron chi connectivity index (χ3n) is 4.76. The van der Waals surface area contributed by atoms with Gasteiger partial charge in [-0.25, -0.2) is 0 Å². The maximum Gasteiger partial charge on any atom is 0.129 e. The fourth-order valence-electron chi connectivity index (χ4n) is 3.56. The maximum absolute atomic E-state index is 10.9. The standard InChI is InChI=1S/C12H19ClN2O/c13-8-4-5-10-9(6-8)12(16,11(14)15-10)7-2-1-3-7/h7-10,16H,1-6H2,(H2,14,15). The van der Waals surface area contributed by atoms with E-state index in [2.05, 4.69) is 4.99 Å². The van der Waals surface area contributed by atoms with Crippen molar-refractivity contribution in [1.82, 2.24) is 0 Å². The molecule has 3 N–H and O–H groups in total. The largest absolute Gasteiger partial charge is 0.385 e. The van der Waals surface area contributed by atoms with Crippen molar-refractivity contribution >= 4 is 17.4 Å². The second-order valence-electron chi connectivity index (χ2n) is 5.55. The summed E-state index contributed by atoms with van der Waals surface area (Å²) in [5.41, 5.74) is 5.15. The minimum absolute atomic E-state index is 0.175. The number of hydrogen-bond donors (Lipinski definition) is 2. The maximum atomic E-state index is 10.9. The molecule has 0 aromatic rings. The molecule has 90 valence electrons. The Bertz CT molecular complexity index is 329. The first kappa shape index (κ1) is 10.8. The molecule has 1 aliphatic heterocycles. The van der Waals surface area contributed by atoms with Crippen LogP contribution in [0.5, 0.6) is 0 Å². The Morgan fingerprint density at radius 2 is 2.06 bits per heavy atom. The number of nitrogens with zero attached hydrogens (tertiary/aromatic N) is 1. The van der Waals surface area contributed by atoms with Gasteiger partial charge in [0.25, 0.3) is 0 Å². The van der Waals surface area contributed by atoms with Gasteiger partial charge in [0.1, 0.15) is 11.4 Å². The van der Waals surface area contributed by atoms with E-state index in [1.807, 2.05) is 0 Å². The van der Waals surface area contributed by atoms with Crippen molar-refractivity contribution < 1.29 is 5.11 Å². The van der Waals surface area contributed by atoms with E-state index in [9.17, 15) is 5.11 Å². The van der Waals surface area contributed by atoms with Gasteiger partial charge in [0.2, 0.25) is 0 Å². The summed E-state index contributed by atoms with van der Waals surface area (Å²) >= 11 is 6.22. The highest BCUT2D eigenvalue weighted by Gasteiger charge is 2.56. The zero-order valence-electron chi connectivity index (χ0n) is 9.40. The van der Waals surface area contributed by atoms with E-state index in [0.29, 0.717) is 11.8 Å². The van der Waals surface area contributed by atoms with E-state index in [0.717, 1.165) is 32.1 Å². The van der Waals surface area contributed by atoms with E-state index < -0.39 is 5.60 Å². The molecule has 2 fully saturated rings. The molecule has 3 rings (SSSR count). The number of halogens is 1. The average molecular weight is 243 g/mol. The Morgan fingerprint density at radius 3 is 2.69 bits per heavy atom. The van der Waals surface area contributed by atoms with Gasteiger partial charge >= 0.3 is 0 Å². The second kappa shape index (κ2) is 3.61. The number of hydrogen-bond acceptors (Lipinski definition) is 3. The van der Waals surface area contributed by atoms with Crippen LogP contribution in [0.3, 0.4) is 0 Å². The van der Waals surface area contributed by atoms with Crippen molar-refractivity contribution in [3.05, 3.63) is 0 Å². The lowest BCUT2D eigenvalue weighted by atomic mass is 9.63. The third kappa shape index (κ3) is 1.34. The Labute approximate surface area is 101 Å². The zero-order chi connectivity index (χ0) is 11.3. The number of rotatable bonds is 1. The van der Waals surface area contributed by atoms with Gasteiger partial charge in [0, 0.05) is 11.3 Å². The van der Waals surface area contributed by atoms with E-state index in [4.69, 9.17) is 17.3 Å². The van der Waals surface area contributed by atoms with Crippen LogP contribution in [0, 0.1) is 11.8 Å². The summed E-state index contributed by atoms with van der Waals surface area (Å²) in [6.45, 7) is 0. The molecule has 2 saturated carbocycles. The monoisotopic (exact) mass is 242 g/mol. The Morgan fingerprint density at radius 1 is 1.31 bits per heavy atom. The lowest BCUT2D eigenvalue weighted by Gasteiger charge is -2.45. The lowest BCUT2D eigenvalue weighted by molar-refractivity contribution is -0.0445. The number of aliphatic hydroxyl groups is 1. The predicted molar refractivity (Wildman–Crippen MR) is 64.7 cm³/mol. The van der Waals surface area contributed by atoms with Gasteiger partial charge in [-0.2, -0.15) is 0 Å². The molecule has 3 nitrogen and oxygen atoms in total. The van der Waals surface area contributed by atoms with Crippen LogP contribution < -0.4 is 5.73 Å². The number of amidine groups is 1. The molecule has 0 bridgehead atoms. The molecule has 1 heterocycles. The molecule has 4 atom stereocenters. The molecule has 0 saturated heterocycles. The Hall–Kier alpha value is -0.280. The molecular weight excluding hydrogens is 224 g/mol. The van der Waals surface area contributed by atoms with Crippen LogP contribution in [-0.4, -0.2) is 28.0 Å². The molecule has 3 aliphatic rings. The molecule has 0 radical (unpaired) electrons. The first-order chi connectivity index (χ1) is 7.62. The summed E-state index contributed by atoms with van der Waals surface area (Å²) in [5, 5.41) is 11.1. The van der Waals surface area contributed by atoms with Crippen LogP contribution in [0.15, 0.2) is 4.99 Å². The quantitative estimate of drug-likeness (QED) is 0.688. The number of alkyl halides is 1. The SMILES string of the molecule is NC1=NC2CCC(Cl)CC2C1(O)C1CCC1. The summed E-state index contributed by atoms with van der Waals surface area (Å²) in [4.78, 5) is 4.49. The summed E-state index contributed by atoms with van der Waals surface area (Å²) in [6, 6.07) is 0.223. The molecule has 0 aromatic carbocycles. The minimum Gasteiger partial charge on any atom is -0.385 e. The van der Waals surface area contributed by atoms with Crippen LogP contribution >= 0.6 is 11.6 Å². The van der Waals surface area contributed by atoms with Gasteiger partial charge in [-0.05, 0) is 38.0 Å². The van der Waals surface area contributed by atoms with Crippen molar-refractivity contribution in [3.63, 3.8) is 0 Å². The van der Waals surface area contributed by atoms with Crippen LogP contribution in [-0.2, 0) is 0 Å². The molecular formula is C12H19ClN2O. The molecule has 4 heteroatoms. The number of fused-ring (bicyclic) bond motifs is 1. The highest BCUT2D eigenvalue weighted by Crippen LogP contribution is 2.49. The van der Waals surface area contributed by atoms with E-state index in [1.54, 1.807) is 0 Å². The fraction of sp³-hybridized carbons (Fsp3) is 0.917. The van der Waals surface area contributed by atoms with Crippen LogP contribution in [0.4, 0.5) is 0 Å². The Kier molecular flexibility index (Phi) is 2.44. The lowest BCUT2D eigenvalue weighted by Crippen LogP contribution is -2.56. The molecule has 0 spiro atoms. The summed E-state index contributed by atoms with van der Waals surface area (Å²) in [5.74, 6) is 0.986. The van der Waals surface area contributed by atoms with Gasteiger partial charge < -0.3 is 10.8 Å². The van der Waals surface area contributed by atoms with Crippen molar-refractivity contribution in [1.29, 1.82) is 0 Å². The molecule has 2 aliphatic carbocycles. The highest BCUT2D eigenvalue weighted by molar-refractivity contribution is 6.20. The molecule has 16 heavy (non-hydrogen) atoms. The van der Waals surface area contributed by atoms with Gasteiger partial charge in [0.05, 0.1) is 6.04 Å². The van der Waals surface area contributed by atoms with E-state index in [-0.39, 0.29) is 17.3 Å². The van der Waals surface area contributed by atoms with E-state index in [1.165, 1.54) is 6.42 Å². The number of aliphatic imine (C=N–C) groups is 1. The third-order valence-corrected chi connectivity index (χ3v) is 5.15. The van der Waals surface area contributed by atoms with Gasteiger partial charge in [-0.15, -0.1) is 11.6 Å². The summed E-state index contributed by atoms with van der Waals surface area (Å²) in [7, 11) is 0. The van der Waals surface area contributed by atoms with Gasteiger partial charge in [-0.3, -0.25) is 4.99 Å². The normalized spacial score (nSPS) is 48.4. The van der Waals surface area contributed by atoms with Gasteiger partial charge in [-0.1, -0.05) is 6.42 Å². The first-order valence-electron chi connectivity index (χ1n) is 6.32. The van der Waals surface area contributed by atoms with E-state index >= 15 is 0 Å². The highest BCUT2D eigenvalue weighted by atomic mass is 35.5. The smallest absolute Gasteiger partial charge is 0.129 e. The van der Waals surface area contributed by atoms with Crippen LogP contribution in [0.25, 0.3) is 0 Å². The molecule has 4 unspecified atom stereocenters. The molecule has 0 amide bonds. The Balaban J connectivity index is 1.88. The summed E-state index contributed by atoms with van der Waals surface area (Å²) in [6.07, 6.45) is 6.23. The fourth-order valence-corrected chi connectivity index (χ4v) is 3.88. The average Bonchev–Trinajstić information content (AvgIpc) is 2.39. The summed E-state index contributed by atoms with van der Waals surface area (Å²) < 4.78 is 0. The van der Waals surface area contributed by atoms with Crippen LogP contribution in [0.2, 0.25) is 0 Å².